The summed E-state index contributed by atoms with van der Waals surface area (Å²) in [6.07, 6.45) is 1.54. The first-order valence-corrected chi connectivity index (χ1v) is 2.11. The van der Waals surface area contributed by atoms with E-state index in [1.807, 2.05) is 0 Å². The Hall–Kier alpha value is -0.440. The van der Waals surface area contributed by atoms with Crippen molar-refractivity contribution in [3.05, 3.63) is 12.8 Å². The number of hydrogen-bond donors (Lipinski definition) is 0. The fourth-order valence-electron chi connectivity index (χ4n) is 0.176. The van der Waals surface area contributed by atoms with Crippen molar-refractivity contribution in [1.82, 2.24) is 0 Å². The van der Waals surface area contributed by atoms with E-state index >= 15 is 0 Å². The van der Waals surface area contributed by atoms with Crippen LogP contribution in [0.5, 0.6) is 0 Å². The Labute approximate surface area is 56.0 Å². The van der Waals surface area contributed by atoms with E-state index in [1.165, 1.54) is 0 Å². The molecule has 0 aromatic heterocycles. The van der Waals surface area contributed by atoms with Gasteiger partial charge >= 0.3 is 5.97 Å². The molecule has 2 nitrogen and oxygen atoms in total. The van der Waals surface area contributed by atoms with E-state index in [0.717, 1.165) is 6.26 Å². The SMILES string of the molecule is C=COC(=O)CC.S. The van der Waals surface area contributed by atoms with Crippen LogP contribution in [0.1, 0.15) is 13.3 Å². The van der Waals surface area contributed by atoms with Crippen molar-refractivity contribution in [2.45, 2.75) is 13.3 Å². The molecule has 0 aliphatic rings. The summed E-state index contributed by atoms with van der Waals surface area (Å²) < 4.78 is 4.32. The molecule has 0 aliphatic heterocycles. The number of hydrogen-bond acceptors (Lipinski definition) is 2. The second-order valence-corrected chi connectivity index (χ2v) is 1.01. The van der Waals surface area contributed by atoms with Crippen molar-refractivity contribution in [2.24, 2.45) is 0 Å². The third-order valence-electron chi connectivity index (χ3n) is 0.503. The van der Waals surface area contributed by atoms with Crippen molar-refractivity contribution >= 4 is 19.5 Å². The molecule has 0 radical (unpaired) electrons. The molecule has 0 amide bonds. The van der Waals surface area contributed by atoms with Crippen molar-refractivity contribution in [2.75, 3.05) is 0 Å². The van der Waals surface area contributed by atoms with Crippen LogP contribution in [-0.4, -0.2) is 5.97 Å². The van der Waals surface area contributed by atoms with Gasteiger partial charge in [0.1, 0.15) is 0 Å². The summed E-state index contributed by atoms with van der Waals surface area (Å²) in [6, 6.07) is 0. The highest BCUT2D eigenvalue weighted by molar-refractivity contribution is 7.59. The zero-order valence-corrected chi connectivity index (χ0v) is 5.81. The van der Waals surface area contributed by atoms with Crippen molar-refractivity contribution in [1.29, 1.82) is 0 Å². The van der Waals surface area contributed by atoms with Crippen LogP contribution in [-0.2, 0) is 9.53 Å². The van der Waals surface area contributed by atoms with Gasteiger partial charge in [0, 0.05) is 6.42 Å². The van der Waals surface area contributed by atoms with Gasteiger partial charge in [-0.2, -0.15) is 13.5 Å². The molecule has 0 aromatic carbocycles. The maximum absolute atomic E-state index is 10.1. The van der Waals surface area contributed by atoms with Crippen molar-refractivity contribution < 1.29 is 9.53 Å². The van der Waals surface area contributed by atoms with E-state index in [2.05, 4.69) is 11.3 Å². The molecule has 0 rings (SSSR count). The van der Waals surface area contributed by atoms with Gasteiger partial charge < -0.3 is 4.74 Å². The Bertz CT molecular complexity index is 80.5. The smallest absolute Gasteiger partial charge is 0.310 e. The zero-order chi connectivity index (χ0) is 5.70. The summed E-state index contributed by atoms with van der Waals surface area (Å²) in [5.41, 5.74) is 0. The number of carbonyl (C=O) groups excluding carboxylic acids is 1. The molecule has 0 unspecified atom stereocenters. The second kappa shape index (κ2) is 6.56. The van der Waals surface area contributed by atoms with E-state index in [4.69, 9.17) is 0 Å². The molecule has 8 heavy (non-hydrogen) atoms. The first-order chi connectivity index (χ1) is 3.31. The fourth-order valence-corrected chi connectivity index (χ4v) is 0.176. The highest BCUT2D eigenvalue weighted by Gasteiger charge is 1.89. The minimum absolute atomic E-state index is 0. The summed E-state index contributed by atoms with van der Waals surface area (Å²) >= 11 is 0. The molecule has 0 aromatic rings. The molecule has 0 saturated heterocycles. The number of rotatable bonds is 2. The van der Waals surface area contributed by atoms with Crippen molar-refractivity contribution in [3.63, 3.8) is 0 Å². The van der Waals surface area contributed by atoms with Crippen LogP contribution >= 0.6 is 13.5 Å². The molecule has 3 heteroatoms. The van der Waals surface area contributed by atoms with Crippen molar-refractivity contribution in [3.8, 4) is 0 Å². The summed E-state index contributed by atoms with van der Waals surface area (Å²) in [5, 5.41) is 0. The fraction of sp³-hybridized carbons (Fsp3) is 0.400. The van der Waals surface area contributed by atoms with Crippen LogP contribution in [0.25, 0.3) is 0 Å². The molecule has 0 fully saturated rings. The van der Waals surface area contributed by atoms with Gasteiger partial charge in [0.2, 0.25) is 0 Å². The maximum atomic E-state index is 10.1. The van der Waals surface area contributed by atoms with E-state index in [9.17, 15) is 4.79 Å². The minimum Gasteiger partial charge on any atom is -0.435 e. The number of ether oxygens (including phenoxy) is 1. The lowest BCUT2D eigenvalue weighted by Gasteiger charge is -1.88. The third kappa shape index (κ3) is 5.56. The Kier molecular flexibility index (Phi) is 8.63. The quantitative estimate of drug-likeness (QED) is 0.419. The molecule has 48 valence electrons. The van der Waals surface area contributed by atoms with Gasteiger partial charge in [-0.15, -0.1) is 0 Å². The Morgan fingerprint density at radius 3 is 2.50 bits per heavy atom. The van der Waals surface area contributed by atoms with Gasteiger partial charge in [-0.25, -0.2) is 0 Å². The highest BCUT2D eigenvalue weighted by Crippen LogP contribution is 1.81. The van der Waals surface area contributed by atoms with E-state index in [0.29, 0.717) is 6.42 Å². The second-order valence-electron chi connectivity index (χ2n) is 1.01. The van der Waals surface area contributed by atoms with Gasteiger partial charge in [0.25, 0.3) is 0 Å². The van der Waals surface area contributed by atoms with Gasteiger partial charge in [0.05, 0.1) is 6.26 Å². The van der Waals surface area contributed by atoms with Crippen LogP contribution in [0, 0.1) is 0 Å². The summed E-state index contributed by atoms with van der Waals surface area (Å²) in [6.45, 7) is 4.93. The molecule has 0 N–H and O–H groups in total. The molecule has 0 saturated carbocycles. The van der Waals surface area contributed by atoms with Crippen LogP contribution in [0.15, 0.2) is 12.8 Å². The standard InChI is InChI=1S/C5H8O2.H2S/c1-3-5(6)7-4-2;/h4H,2-3H2,1H3;1H2. The van der Waals surface area contributed by atoms with E-state index in [-0.39, 0.29) is 19.5 Å². The summed E-state index contributed by atoms with van der Waals surface area (Å²) in [5.74, 6) is -0.241. The van der Waals surface area contributed by atoms with Gasteiger partial charge in [-0.1, -0.05) is 13.5 Å². The lowest BCUT2D eigenvalue weighted by molar-refractivity contribution is -0.137. The average molecular weight is 134 g/mol. The van der Waals surface area contributed by atoms with Gasteiger partial charge in [-0.05, 0) is 0 Å². The minimum atomic E-state index is -0.241. The maximum Gasteiger partial charge on any atom is 0.310 e. The highest BCUT2D eigenvalue weighted by atomic mass is 32.1. The summed E-state index contributed by atoms with van der Waals surface area (Å²) in [7, 11) is 0. The largest absolute Gasteiger partial charge is 0.435 e. The molecule has 0 spiro atoms. The van der Waals surface area contributed by atoms with Gasteiger partial charge in [0.15, 0.2) is 0 Å². The van der Waals surface area contributed by atoms with Crippen LogP contribution < -0.4 is 0 Å². The topological polar surface area (TPSA) is 26.3 Å². The lowest BCUT2D eigenvalue weighted by Crippen LogP contribution is -1.94. The lowest BCUT2D eigenvalue weighted by atomic mass is 10.5. The Morgan fingerprint density at radius 2 is 2.38 bits per heavy atom. The van der Waals surface area contributed by atoms with E-state index in [1.54, 1.807) is 6.92 Å². The molecular weight excluding hydrogens is 124 g/mol. The van der Waals surface area contributed by atoms with Crippen LogP contribution in [0.4, 0.5) is 0 Å². The normalized spacial score (nSPS) is 6.62. The molecule has 0 aliphatic carbocycles. The van der Waals surface area contributed by atoms with Crippen LogP contribution in [0.2, 0.25) is 0 Å². The predicted molar refractivity (Wildman–Crippen MR) is 37.0 cm³/mol. The molecule has 0 atom stereocenters. The number of esters is 1. The molecular formula is C5H10O2S. The third-order valence-corrected chi connectivity index (χ3v) is 0.503. The molecule has 0 heterocycles. The zero-order valence-electron chi connectivity index (χ0n) is 4.81. The average Bonchev–Trinajstić information content (AvgIpc) is 1.68. The monoisotopic (exact) mass is 134 g/mol. The first kappa shape index (κ1) is 10.5. The van der Waals surface area contributed by atoms with E-state index < -0.39 is 0 Å². The van der Waals surface area contributed by atoms with Crippen LogP contribution in [0.3, 0.4) is 0 Å². The first-order valence-electron chi connectivity index (χ1n) is 2.11. The Morgan fingerprint density at radius 1 is 1.88 bits per heavy atom. The number of carbonyl (C=O) groups is 1. The molecule has 0 bridgehead atoms. The summed E-state index contributed by atoms with van der Waals surface area (Å²) in [4.78, 5) is 10.1. The van der Waals surface area contributed by atoms with Gasteiger partial charge in [-0.3, -0.25) is 4.79 Å². The predicted octanol–water partition coefficient (Wildman–Crippen LogP) is 1.20. The Balaban J connectivity index is 0.